The van der Waals surface area contributed by atoms with Gasteiger partial charge in [0, 0.05) is 17.9 Å². The van der Waals surface area contributed by atoms with Crippen molar-refractivity contribution < 1.29 is 14.3 Å². The van der Waals surface area contributed by atoms with E-state index in [0.717, 1.165) is 10.1 Å². The van der Waals surface area contributed by atoms with E-state index < -0.39 is 0 Å². The maximum absolute atomic E-state index is 13.0. The van der Waals surface area contributed by atoms with Crippen LogP contribution >= 0.6 is 11.3 Å². The van der Waals surface area contributed by atoms with E-state index in [2.05, 4.69) is 5.32 Å². The van der Waals surface area contributed by atoms with Crippen molar-refractivity contribution >= 4 is 27.3 Å². The topological polar surface area (TPSA) is 49.3 Å². The third-order valence-electron chi connectivity index (χ3n) is 2.63. The number of aliphatic hydroxyl groups is 1. The van der Waals surface area contributed by atoms with Gasteiger partial charge >= 0.3 is 0 Å². The predicted molar refractivity (Wildman–Crippen MR) is 70.4 cm³/mol. The van der Waals surface area contributed by atoms with Crippen LogP contribution < -0.4 is 5.32 Å². The van der Waals surface area contributed by atoms with Crippen LogP contribution in [0.15, 0.2) is 24.3 Å². The molecule has 1 aromatic heterocycles. The van der Waals surface area contributed by atoms with Gasteiger partial charge in [-0.05, 0) is 29.5 Å². The summed E-state index contributed by atoms with van der Waals surface area (Å²) in [6.07, 6.45) is 0. The molecule has 0 fully saturated rings. The van der Waals surface area contributed by atoms with Gasteiger partial charge in [0.15, 0.2) is 0 Å². The van der Waals surface area contributed by atoms with E-state index >= 15 is 0 Å². The lowest BCUT2D eigenvalue weighted by Gasteiger charge is -2.08. The Morgan fingerprint density at radius 1 is 1.50 bits per heavy atom. The predicted octanol–water partition coefficient (Wildman–Crippen LogP) is 2.40. The number of hydrogen-bond acceptors (Lipinski definition) is 3. The van der Waals surface area contributed by atoms with Gasteiger partial charge in [-0.2, -0.15) is 0 Å². The molecular weight excluding hydrogens is 253 g/mol. The zero-order valence-corrected chi connectivity index (χ0v) is 10.8. The molecule has 0 radical (unpaired) electrons. The molecule has 1 unspecified atom stereocenters. The third kappa shape index (κ3) is 2.86. The fourth-order valence-electron chi connectivity index (χ4n) is 1.54. The second-order valence-electron chi connectivity index (χ2n) is 4.29. The summed E-state index contributed by atoms with van der Waals surface area (Å²) < 4.78 is 13.8. The zero-order chi connectivity index (χ0) is 13.1. The van der Waals surface area contributed by atoms with Crippen LogP contribution in [0.1, 0.15) is 16.6 Å². The van der Waals surface area contributed by atoms with E-state index in [1.165, 1.54) is 23.5 Å². The molecule has 0 saturated heterocycles. The minimum Gasteiger partial charge on any atom is -0.396 e. The van der Waals surface area contributed by atoms with Crippen LogP contribution in [0.2, 0.25) is 0 Å². The van der Waals surface area contributed by atoms with Gasteiger partial charge in [-0.3, -0.25) is 4.79 Å². The Bertz CT molecular complexity index is 567. The number of carbonyl (C=O) groups is 1. The molecule has 2 N–H and O–H groups in total. The Morgan fingerprint density at radius 2 is 2.28 bits per heavy atom. The highest BCUT2D eigenvalue weighted by molar-refractivity contribution is 7.20. The smallest absolute Gasteiger partial charge is 0.261 e. The Labute approximate surface area is 108 Å². The molecule has 3 nitrogen and oxygen atoms in total. The fourth-order valence-corrected chi connectivity index (χ4v) is 2.54. The average molecular weight is 267 g/mol. The lowest BCUT2D eigenvalue weighted by molar-refractivity contribution is 0.0946. The lowest BCUT2D eigenvalue weighted by Crippen LogP contribution is -2.28. The molecule has 0 aliphatic rings. The van der Waals surface area contributed by atoms with Crippen LogP contribution in [-0.4, -0.2) is 24.2 Å². The summed E-state index contributed by atoms with van der Waals surface area (Å²) in [7, 11) is 0. The second kappa shape index (κ2) is 5.46. The summed E-state index contributed by atoms with van der Waals surface area (Å²) in [4.78, 5) is 12.4. The number of amides is 1. The summed E-state index contributed by atoms with van der Waals surface area (Å²) in [5, 5.41) is 12.5. The number of benzene rings is 1. The van der Waals surface area contributed by atoms with Gasteiger partial charge in [0.05, 0.1) is 4.88 Å². The van der Waals surface area contributed by atoms with E-state index in [-0.39, 0.29) is 24.2 Å². The van der Waals surface area contributed by atoms with E-state index in [0.29, 0.717) is 11.4 Å². The Kier molecular flexibility index (Phi) is 3.93. The first-order chi connectivity index (χ1) is 8.60. The molecule has 18 heavy (non-hydrogen) atoms. The van der Waals surface area contributed by atoms with Gasteiger partial charge in [-0.15, -0.1) is 11.3 Å². The summed E-state index contributed by atoms with van der Waals surface area (Å²) in [5.74, 6) is -0.456. The van der Waals surface area contributed by atoms with Crippen LogP contribution in [0.4, 0.5) is 4.39 Å². The summed E-state index contributed by atoms with van der Waals surface area (Å²) in [6.45, 7) is 2.32. The first-order valence-electron chi connectivity index (χ1n) is 5.68. The first kappa shape index (κ1) is 13.0. The number of nitrogens with one attached hydrogen (secondary N) is 1. The van der Waals surface area contributed by atoms with Gasteiger partial charge in [-0.1, -0.05) is 13.0 Å². The van der Waals surface area contributed by atoms with Crippen LogP contribution in [0.3, 0.4) is 0 Å². The van der Waals surface area contributed by atoms with E-state index in [1.807, 2.05) is 6.92 Å². The number of hydrogen-bond donors (Lipinski definition) is 2. The number of aliphatic hydroxyl groups excluding tert-OH is 1. The molecule has 0 spiro atoms. The minimum atomic E-state index is -0.301. The highest BCUT2D eigenvalue weighted by Crippen LogP contribution is 2.26. The van der Waals surface area contributed by atoms with Crippen molar-refractivity contribution in [2.45, 2.75) is 6.92 Å². The van der Waals surface area contributed by atoms with Crippen LogP contribution in [0, 0.1) is 11.7 Å². The molecule has 2 aromatic rings. The number of fused-ring (bicyclic) bond motifs is 1. The average Bonchev–Trinajstić information content (AvgIpc) is 2.78. The minimum absolute atomic E-state index is 0.0285. The third-order valence-corrected chi connectivity index (χ3v) is 3.73. The molecule has 1 aromatic carbocycles. The molecule has 5 heteroatoms. The van der Waals surface area contributed by atoms with Crippen molar-refractivity contribution in [2.75, 3.05) is 13.2 Å². The number of thiophene rings is 1. The Hall–Kier alpha value is -1.46. The zero-order valence-electron chi connectivity index (χ0n) is 9.94. The molecule has 0 aliphatic heterocycles. The molecule has 96 valence electrons. The van der Waals surface area contributed by atoms with E-state index in [4.69, 9.17) is 5.11 Å². The number of rotatable bonds is 4. The Morgan fingerprint density at radius 3 is 3.00 bits per heavy atom. The highest BCUT2D eigenvalue weighted by Gasteiger charge is 2.11. The summed E-state index contributed by atoms with van der Waals surface area (Å²) >= 11 is 1.26. The fraction of sp³-hybridized carbons (Fsp3) is 0.308. The van der Waals surface area contributed by atoms with Crippen molar-refractivity contribution in [3.63, 3.8) is 0 Å². The van der Waals surface area contributed by atoms with Gasteiger partial charge in [0.1, 0.15) is 5.82 Å². The van der Waals surface area contributed by atoms with Gasteiger partial charge in [0.2, 0.25) is 0 Å². The summed E-state index contributed by atoms with van der Waals surface area (Å²) in [6, 6.07) is 6.21. The second-order valence-corrected chi connectivity index (χ2v) is 5.37. The van der Waals surface area contributed by atoms with Crippen LogP contribution in [0.25, 0.3) is 10.1 Å². The number of halogens is 1. The van der Waals surface area contributed by atoms with Crippen LogP contribution in [0.5, 0.6) is 0 Å². The molecule has 0 aliphatic carbocycles. The maximum Gasteiger partial charge on any atom is 0.261 e. The van der Waals surface area contributed by atoms with Gasteiger partial charge in [0.25, 0.3) is 5.91 Å². The van der Waals surface area contributed by atoms with Gasteiger partial charge < -0.3 is 10.4 Å². The standard InChI is InChI=1S/C13H14FNO2S/c1-8(7-16)6-15-13(17)12-4-9-2-3-10(14)5-11(9)18-12/h2-5,8,16H,6-7H2,1H3,(H,15,17). The van der Waals surface area contributed by atoms with Crippen molar-refractivity contribution in [3.05, 3.63) is 35.0 Å². The Balaban J connectivity index is 2.13. The monoisotopic (exact) mass is 267 g/mol. The van der Waals surface area contributed by atoms with E-state index in [9.17, 15) is 9.18 Å². The molecule has 2 rings (SSSR count). The normalized spacial score (nSPS) is 12.6. The van der Waals surface area contributed by atoms with Crippen molar-refractivity contribution in [2.24, 2.45) is 5.92 Å². The van der Waals surface area contributed by atoms with Crippen LogP contribution in [-0.2, 0) is 0 Å². The molecule has 1 atom stereocenters. The molecule has 0 saturated carbocycles. The quantitative estimate of drug-likeness (QED) is 0.893. The van der Waals surface area contributed by atoms with Crippen molar-refractivity contribution in [3.8, 4) is 0 Å². The lowest BCUT2D eigenvalue weighted by atomic mass is 10.2. The molecule has 1 amide bonds. The number of carbonyl (C=O) groups excluding carboxylic acids is 1. The van der Waals surface area contributed by atoms with Crippen molar-refractivity contribution in [1.82, 2.24) is 5.32 Å². The molecular formula is C13H14FNO2S. The SMILES string of the molecule is CC(CO)CNC(=O)c1cc2ccc(F)cc2s1. The highest BCUT2D eigenvalue weighted by atomic mass is 32.1. The molecule has 0 bridgehead atoms. The largest absolute Gasteiger partial charge is 0.396 e. The van der Waals surface area contributed by atoms with Crippen molar-refractivity contribution in [1.29, 1.82) is 0 Å². The maximum atomic E-state index is 13.0. The summed E-state index contributed by atoms with van der Waals surface area (Å²) in [5.41, 5.74) is 0. The molecule has 1 heterocycles. The van der Waals surface area contributed by atoms with Gasteiger partial charge in [-0.25, -0.2) is 4.39 Å². The van der Waals surface area contributed by atoms with E-state index in [1.54, 1.807) is 12.1 Å². The first-order valence-corrected chi connectivity index (χ1v) is 6.50.